The fourth-order valence-corrected chi connectivity index (χ4v) is 12.0. The van der Waals surface area contributed by atoms with Crippen molar-refractivity contribution in [3.63, 3.8) is 0 Å². The second kappa shape index (κ2) is 62.5. The molecule has 0 amide bonds. The van der Waals surface area contributed by atoms with Gasteiger partial charge in [-0.05, 0) is 31.6 Å². The molecule has 0 heterocycles. The van der Waals surface area contributed by atoms with E-state index in [9.17, 15) is 43.2 Å². The van der Waals surface area contributed by atoms with Crippen molar-refractivity contribution in [3.05, 3.63) is 0 Å². The molecule has 0 aromatic carbocycles. The predicted molar refractivity (Wildman–Crippen MR) is 354 cm³/mol. The normalized spacial score (nSPS) is 14.4. The van der Waals surface area contributed by atoms with Crippen molar-refractivity contribution in [2.75, 3.05) is 39.6 Å². The van der Waals surface area contributed by atoms with E-state index in [1.165, 1.54) is 180 Å². The lowest BCUT2D eigenvalue weighted by Gasteiger charge is -2.21. The number of aliphatic hydroxyl groups is 1. The smallest absolute Gasteiger partial charge is 0.462 e. The van der Waals surface area contributed by atoms with Gasteiger partial charge in [0.25, 0.3) is 0 Å². The second-order valence-corrected chi connectivity index (χ2v) is 28.1. The lowest BCUT2D eigenvalue weighted by atomic mass is 9.99. The molecule has 17 nitrogen and oxygen atoms in total. The van der Waals surface area contributed by atoms with Crippen LogP contribution in [0.3, 0.4) is 0 Å². The van der Waals surface area contributed by atoms with Gasteiger partial charge < -0.3 is 33.8 Å². The Morgan fingerprint density at radius 3 is 0.807 bits per heavy atom. The van der Waals surface area contributed by atoms with Gasteiger partial charge in [0.1, 0.15) is 19.3 Å². The van der Waals surface area contributed by atoms with E-state index in [1.807, 2.05) is 0 Å². The zero-order valence-corrected chi connectivity index (χ0v) is 58.6. The van der Waals surface area contributed by atoms with Crippen molar-refractivity contribution in [2.24, 2.45) is 5.92 Å². The Morgan fingerprint density at radius 1 is 0.318 bits per heavy atom. The molecule has 0 aromatic rings. The average Bonchev–Trinajstić information content (AvgIpc) is 3.70. The van der Waals surface area contributed by atoms with Crippen LogP contribution in [0.1, 0.15) is 356 Å². The van der Waals surface area contributed by atoms with Gasteiger partial charge in [0, 0.05) is 25.7 Å². The molecule has 88 heavy (non-hydrogen) atoms. The molecule has 0 saturated heterocycles. The molecule has 0 bridgehead atoms. The highest BCUT2D eigenvalue weighted by atomic mass is 31.2. The fraction of sp³-hybridized carbons (Fsp3) is 0.942. The second-order valence-electron chi connectivity index (χ2n) is 25.2. The quantitative estimate of drug-likeness (QED) is 0.0222. The van der Waals surface area contributed by atoms with E-state index in [-0.39, 0.29) is 25.7 Å². The molecule has 6 atom stereocenters. The van der Waals surface area contributed by atoms with Crippen LogP contribution >= 0.6 is 15.6 Å². The first-order valence-electron chi connectivity index (χ1n) is 36.2. The predicted octanol–water partition coefficient (Wildman–Crippen LogP) is 19.7. The van der Waals surface area contributed by atoms with E-state index in [4.69, 9.17) is 37.0 Å². The van der Waals surface area contributed by atoms with Crippen LogP contribution < -0.4 is 0 Å². The summed E-state index contributed by atoms with van der Waals surface area (Å²) in [6.45, 7) is 7.23. The van der Waals surface area contributed by atoms with Gasteiger partial charge in [-0.25, -0.2) is 9.13 Å². The molecule has 0 aliphatic carbocycles. The van der Waals surface area contributed by atoms with E-state index in [1.54, 1.807) is 0 Å². The Hall–Kier alpha value is -1.94. The van der Waals surface area contributed by atoms with Crippen LogP contribution in [0.2, 0.25) is 0 Å². The third-order valence-electron chi connectivity index (χ3n) is 16.4. The lowest BCUT2D eigenvalue weighted by Crippen LogP contribution is -2.30. The Morgan fingerprint density at radius 2 is 0.545 bits per heavy atom. The Labute approximate surface area is 537 Å². The number of hydrogen-bond acceptors (Lipinski definition) is 15. The molecular weight excluding hydrogens is 1160 g/mol. The topological polar surface area (TPSA) is 237 Å². The van der Waals surface area contributed by atoms with Crippen LogP contribution in [-0.2, 0) is 65.4 Å². The van der Waals surface area contributed by atoms with Crippen LogP contribution in [0.15, 0.2) is 0 Å². The van der Waals surface area contributed by atoms with E-state index in [2.05, 4.69) is 34.6 Å². The molecule has 3 N–H and O–H groups in total. The summed E-state index contributed by atoms with van der Waals surface area (Å²) in [4.78, 5) is 72.4. The van der Waals surface area contributed by atoms with E-state index in [0.717, 1.165) is 95.8 Å². The molecule has 19 heteroatoms. The number of phosphoric acid groups is 2. The van der Waals surface area contributed by atoms with Crippen molar-refractivity contribution < 1.29 is 80.2 Å². The maximum Gasteiger partial charge on any atom is 0.472 e. The van der Waals surface area contributed by atoms with Crippen molar-refractivity contribution in [2.45, 2.75) is 374 Å². The minimum atomic E-state index is -4.95. The van der Waals surface area contributed by atoms with Crippen LogP contribution in [-0.4, -0.2) is 96.7 Å². The average molecular weight is 1300 g/mol. The third kappa shape index (κ3) is 61.6. The van der Waals surface area contributed by atoms with Gasteiger partial charge in [-0.15, -0.1) is 0 Å². The number of ether oxygens (including phenoxy) is 4. The maximum absolute atomic E-state index is 13.0. The van der Waals surface area contributed by atoms with E-state index in [0.29, 0.717) is 25.7 Å². The third-order valence-corrected chi connectivity index (χ3v) is 18.3. The number of esters is 4. The Balaban J connectivity index is 5.23. The number of carbonyl (C=O) groups excluding carboxylic acids is 4. The minimum absolute atomic E-state index is 0.107. The highest BCUT2D eigenvalue weighted by Gasteiger charge is 2.30. The summed E-state index contributed by atoms with van der Waals surface area (Å²) >= 11 is 0. The van der Waals surface area contributed by atoms with Gasteiger partial charge in [-0.2, -0.15) is 0 Å². The summed E-state index contributed by atoms with van der Waals surface area (Å²) < 4.78 is 68.2. The van der Waals surface area contributed by atoms with Gasteiger partial charge in [0.05, 0.1) is 26.4 Å². The van der Waals surface area contributed by atoms with Gasteiger partial charge in [-0.3, -0.25) is 37.3 Å². The molecule has 0 aliphatic rings. The van der Waals surface area contributed by atoms with Crippen molar-refractivity contribution in [3.8, 4) is 0 Å². The largest absolute Gasteiger partial charge is 0.472 e. The van der Waals surface area contributed by atoms with Crippen LogP contribution in [0.5, 0.6) is 0 Å². The molecule has 0 fully saturated rings. The minimum Gasteiger partial charge on any atom is -0.462 e. The van der Waals surface area contributed by atoms with Crippen LogP contribution in [0, 0.1) is 5.92 Å². The number of rotatable bonds is 69. The highest BCUT2D eigenvalue weighted by Crippen LogP contribution is 2.45. The van der Waals surface area contributed by atoms with Crippen LogP contribution in [0.4, 0.5) is 0 Å². The van der Waals surface area contributed by atoms with Gasteiger partial charge in [-0.1, -0.05) is 304 Å². The molecular formula is C69H134O17P2. The van der Waals surface area contributed by atoms with E-state index >= 15 is 0 Å². The summed E-state index contributed by atoms with van der Waals surface area (Å²) in [5.74, 6) is -1.35. The molecule has 0 rings (SSSR count). The Bertz CT molecular complexity index is 1710. The van der Waals surface area contributed by atoms with Crippen molar-refractivity contribution in [1.29, 1.82) is 0 Å². The molecule has 0 aliphatic heterocycles. The standard InChI is InChI=1S/C69H134O17P2/c1-6-10-13-16-19-22-25-26-27-28-29-30-33-40-45-50-55-69(74)86-65(59-80-67(72)53-48-43-38-35-34-36-41-46-51-62(5)9-4)61-84-88(77,78)82-57-63(70)56-81-87(75,76)83-60-64(85-68(73)54-49-44-39-32-24-21-18-15-12-8-3)58-79-66(71)52-47-42-37-31-23-20-17-14-11-7-2/h62-65,70H,6-61H2,1-5H3,(H,75,76)(H,77,78)/t62?,63-,64+,65+/m0/s1. The van der Waals surface area contributed by atoms with Gasteiger partial charge in [0.2, 0.25) is 0 Å². The highest BCUT2D eigenvalue weighted by molar-refractivity contribution is 7.47. The molecule has 522 valence electrons. The lowest BCUT2D eigenvalue weighted by molar-refractivity contribution is -0.161. The molecule has 0 saturated carbocycles. The summed E-state index contributed by atoms with van der Waals surface area (Å²) in [6.07, 6.45) is 48.4. The van der Waals surface area contributed by atoms with Gasteiger partial charge in [0.15, 0.2) is 12.2 Å². The van der Waals surface area contributed by atoms with Crippen molar-refractivity contribution in [1.82, 2.24) is 0 Å². The first-order chi connectivity index (χ1) is 42.6. The fourth-order valence-electron chi connectivity index (χ4n) is 10.4. The summed E-state index contributed by atoms with van der Waals surface area (Å²) in [5, 5.41) is 10.6. The van der Waals surface area contributed by atoms with Crippen molar-refractivity contribution >= 4 is 39.5 Å². The number of carbonyl (C=O) groups is 4. The monoisotopic (exact) mass is 1300 g/mol. The molecule has 0 spiro atoms. The SMILES string of the molecule is CCCCCCCCCCCCCCCCCCC(=O)O[C@H](COC(=O)CCCCCCCCCCC(C)CC)COP(=O)(O)OC[C@@H](O)COP(=O)(O)OC[C@@H](COC(=O)CCCCCCCCCCCC)OC(=O)CCCCCCCCCCCC. The molecule has 0 aromatic heterocycles. The first kappa shape index (κ1) is 86.1. The summed E-state index contributed by atoms with van der Waals surface area (Å²) in [5.41, 5.74) is 0. The summed E-state index contributed by atoms with van der Waals surface area (Å²) in [6, 6.07) is 0. The molecule has 0 radical (unpaired) electrons. The number of hydrogen-bond donors (Lipinski definition) is 3. The number of unbranched alkanes of at least 4 members (excludes halogenated alkanes) is 40. The summed E-state index contributed by atoms with van der Waals surface area (Å²) in [7, 11) is -9.89. The number of aliphatic hydroxyl groups excluding tert-OH is 1. The van der Waals surface area contributed by atoms with Crippen LogP contribution in [0.25, 0.3) is 0 Å². The number of phosphoric ester groups is 2. The maximum atomic E-state index is 13.0. The molecule has 3 unspecified atom stereocenters. The van der Waals surface area contributed by atoms with Gasteiger partial charge >= 0.3 is 39.5 Å². The Kier molecular flexibility index (Phi) is 61.1. The zero-order chi connectivity index (χ0) is 64.9. The first-order valence-corrected chi connectivity index (χ1v) is 39.2. The zero-order valence-electron chi connectivity index (χ0n) is 56.9. The van der Waals surface area contributed by atoms with E-state index < -0.39 is 97.5 Å².